The van der Waals surface area contributed by atoms with E-state index < -0.39 is 10.5 Å². The number of anilines is 1. The first kappa shape index (κ1) is 12.8. The highest BCUT2D eigenvalue weighted by Crippen LogP contribution is 2.28. The van der Waals surface area contributed by atoms with Gasteiger partial charge in [0.1, 0.15) is 6.20 Å². The van der Waals surface area contributed by atoms with Gasteiger partial charge in [-0.1, -0.05) is 0 Å². The van der Waals surface area contributed by atoms with E-state index in [-0.39, 0.29) is 5.69 Å². The molecule has 8 nitrogen and oxygen atoms in total. The van der Waals surface area contributed by atoms with Gasteiger partial charge in [0.05, 0.1) is 10.5 Å². The molecular formula is C10H17N5O3. The number of hydrogen-bond acceptors (Lipinski definition) is 6. The highest BCUT2D eigenvalue weighted by atomic mass is 16.6. The van der Waals surface area contributed by atoms with Crippen molar-refractivity contribution < 1.29 is 10.0 Å². The highest BCUT2D eigenvalue weighted by molar-refractivity contribution is 5.57. The molecule has 100 valence electrons. The van der Waals surface area contributed by atoms with E-state index in [4.69, 9.17) is 0 Å². The van der Waals surface area contributed by atoms with Crippen LogP contribution in [0, 0.1) is 10.1 Å². The monoisotopic (exact) mass is 255 g/mol. The van der Waals surface area contributed by atoms with Crippen molar-refractivity contribution in [2.45, 2.75) is 12.5 Å². The van der Waals surface area contributed by atoms with Gasteiger partial charge >= 0.3 is 5.69 Å². The molecule has 1 saturated heterocycles. The number of rotatable bonds is 2. The van der Waals surface area contributed by atoms with E-state index in [2.05, 4.69) is 10.4 Å². The van der Waals surface area contributed by atoms with Crippen molar-refractivity contribution >= 4 is 11.5 Å². The lowest BCUT2D eigenvalue weighted by molar-refractivity contribution is -0.384. The van der Waals surface area contributed by atoms with Gasteiger partial charge in [-0.15, -0.1) is 0 Å². The SMILES string of the molecule is Cn1ncc([N+](=O)[O-])c1N1CCNC[C@@](C)(O)C1. The first-order chi connectivity index (χ1) is 8.41. The largest absolute Gasteiger partial charge is 0.387 e. The van der Waals surface area contributed by atoms with E-state index in [0.29, 0.717) is 32.0 Å². The molecule has 1 aliphatic heterocycles. The van der Waals surface area contributed by atoms with Crippen LogP contribution in [0.2, 0.25) is 0 Å². The molecule has 0 saturated carbocycles. The maximum absolute atomic E-state index is 11.0. The second-order valence-corrected chi connectivity index (χ2v) is 4.83. The molecule has 8 heteroatoms. The molecule has 0 amide bonds. The number of β-amino-alcohol motifs (C(OH)–C–C–N with tert-alkyl or cyclic N) is 1. The zero-order valence-corrected chi connectivity index (χ0v) is 10.5. The normalized spacial score (nSPS) is 24.9. The Balaban J connectivity index is 2.35. The summed E-state index contributed by atoms with van der Waals surface area (Å²) in [5, 5.41) is 28.1. The van der Waals surface area contributed by atoms with Gasteiger partial charge in [-0.3, -0.25) is 10.1 Å². The van der Waals surface area contributed by atoms with Gasteiger partial charge in [0, 0.05) is 33.2 Å². The van der Waals surface area contributed by atoms with Crippen LogP contribution in [0.4, 0.5) is 11.5 Å². The number of nitrogens with one attached hydrogen (secondary N) is 1. The second kappa shape index (κ2) is 4.54. The third kappa shape index (κ3) is 2.44. The molecule has 1 atom stereocenters. The molecule has 1 aromatic heterocycles. The van der Waals surface area contributed by atoms with Crippen LogP contribution in [0.1, 0.15) is 6.92 Å². The second-order valence-electron chi connectivity index (χ2n) is 4.83. The number of aromatic nitrogens is 2. The molecule has 2 heterocycles. The minimum atomic E-state index is -0.922. The first-order valence-electron chi connectivity index (χ1n) is 5.75. The molecule has 0 aliphatic carbocycles. The zero-order valence-electron chi connectivity index (χ0n) is 10.5. The summed E-state index contributed by atoms with van der Waals surface area (Å²) in [4.78, 5) is 12.3. The molecule has 1 aliphatic rings. The molecule has 0 aromatic carbocycles. The van der Waals surface area contributed by atoms with E-state index in [0.717, 1.165) is 0 Å². The summed E-state index contributed by atoms with van der Waals surface area (Å²) in [6.45, 7) is 3.77. The molecule has 0 unspecified atom stereocenters. The summed E-state index contributed by atoms with van der Waals surface area (Å²) in [5.41, 5.74) is -0.954. The molecule has 0 radical (unpaired) electrons. The summed E-state index contributed by atoms with van der Waals surface area (Å²) in [6, 6.07) is 0. The third-order valence-corrected chi connectivity index (χ3v) is 2.98. The van der Waals surface area contributed by atoms with Crippen LogP contribution in [-0.2, 0) is 7.05 Å². The topological polar surface area (TPSA) is 96.5 Å². The predicted molar refractivity (Wildman–Crippen MR) is 65.6 cm³/mol. The van der Waals surface area contributed by atoms with Crippen molar-refractivity contribution in [2.75, 3.05) is 31.1 Å². The van der Waals surface area contributed by atoms with Gasteiger partial charge < -0.3 is 15.3 Å². The lowest BCUT2D eigenvalue weighted by Crippen LogP contribution is -2.43. The molecule has 2 rings (SSSR count). The number of nitrogens with zero attached hydrogens (tertiary/aromatic N) is 4. The fourth-order valence-electron chi connectivity index (χ4n) is 2.21. The van der Waals surface area contributed by atoms with E-state index >= 15 is 0 Å². The van der Waals surface area contributed by atoms with Crippen LogP contribution in [0.15, 0.2) is 6.20 Å². The minimum Gasteiger partial charge on any atom is -0.387 e. The molecular weight excluding hydrogens is 238 g/mol. The quantitative estimate of drug-likeness (QED) is 0.545. The van der Waals surface area contributed by atoms with Crippen molar-refractivity contribution in [3.63, 3.8) is 0 Å². The van der Waals surface area contributed by atoms with Gasteiger partial charge in [0.15, 0.2) is 0 Å². The van der Waals surface area contributed by atoms with Crippen molar-refractivity contribution in [1.29, 1.82) is 0 Å². The average molecular weight is 255 g/mol. The number of nitro groups is 1. The van der Waals surface area contributed by atoms with Crippen molar-refractivity contribution in [2.24, 2.45) is 7.05 Å². The maximum atomic E-state index is 11.0. The van der Waals surface area contributed by atoms with Crippen molar-refractivity contribution in [3.05, 3.63) is 16.3 Å². The van der Waals surface area contributed by atoms with Crippen molar-refractivity contribution in [3.8, 4) is 0 Å². The Hall–Kier alpha value is -1.67. The Kier molecular flexibility index (Phi) is 3.22. The van der Waals surface area contributed by atoms with E-state index in [1.54, 1.807) is 18.9 Å². The molecule has 1 fully saturated rings. The van der Waals surface area contributed by atoms with Crippen LogP contribution in [0.25, 0.3) is 0 Å². The smallest absolute Gasteiger partial charge is 0.331 e. The summed E-state index contributed by atoms with van der Waals surface area (Å²) in [5.74, 6) is 0.434. The molecule has 0 spiro atoms. The van der Waals surface area contributed by atoms with Crippen LogP contribution in [0.3, 0.4) is 0 Å². The summed E-state index contributed by atoms with van der Waals surface area (Å²) >= 11 is 0. The number of aryl methyl sites for hydroxylation is 1. The Morgan fingerprint density at radius 3 is 3.06 bits per heavy atom. The van der Waals surface area contributed by atoms with Gasteiger partial charge in [-0.25, -0.2) is 4.68 Å². The Labute approximate surface area is 104 Å². The fourth-order valence-corrected chi connectivity index (χ4v) is 2.21. The van der Waals surface area contributed by atoms with Crippen LogP contribution in [-0.4, -0.2) is 51.6 Å². The maximum Gasteiger partial charge on any atom is 0.331 e. The third-order valence-electron chi connectivity index (χ3n) is 2.98. The first-order valence-corrected chi connectivity index (χ1v) is 5.75. The van der Waals surface area contributed by atoms with E-state index in [1.165, 1.54) is 10.9 Å². The number of hydrogen-bond donors (Lipinski definition) is 2. The standard InChI is InChI=1S/C10H17N5O3/c1-10(16)6-11-3-4-14(7-10)9-8(15(17)18)5-12-13(9)2/h5,11,16H,3-4,6-7H2,1-2H3/t10-/m1/s1. The minimum absolute atomic E-state index is 0.0322. The summed E-state index contributed by atoms with van der Waals surface area (Å²) in [7, 11) is 1.66. The fraction of sp³-hybridized carbons (Fsp3) is 0.700. The van der Waals surface area contributed by atoms with Crippen LogP contribution in [0.5, 0.6) is 0 Å². The van der Waals surface area contributed by atoms with Gasteiger partial charge in [0.25, 0.3) is 0 Å². The summed E-state index contributed by atoms with van der Waals surface area (Å²) < 4.78 is 1.47. The number of aliphatic hydroxyl groups is 1. The Morgan fingerprint density at radius 1 is 1.67 bits per heavy atom. The van der Waals surface area contributed by atoms with Gasteiger partial charge in [-0.05, 0) is 6.92 Å². The van der Waals surface area contributed by atoms with Gasteiger partial charge in [-0.2, -0.15) is 5.10 Å². The molecule has 1 aromatic rings. The lowest BCUT2D eigenvalue weighted by Gasteiger charge is -2.28. The van der Waals surface area contributed by atoms with Crippen LogP contribution < -0.4 is 10.2 Å². The van der Waals surface area contributed by atoms with E-state index in [1.807, 2.05) is 0 Å². The zero-order chi connectivity index (χ0) is 13.3. The molecule has 18 heavy (non-hydrogen) atoms. The van der Waals surface area contributed by atoms with Crippen molar-refractivity contribution in [1.82, 2.24) is 15.1 Å². The predicted octanol–water partition coefficient (Wildman–Crippen LogP) is -0.511. The summed E-state index contributed by atoms with van der Waals surface area (Å²) in [6.07, 6.45) is 1.24. The lowest BCUT2D eigenvalue weighted by atomic mass is 10.1. The van der Waals surface area contributed by atoms with E-state index in [9.17, 15) is 15.2 Å². The Bertz CT molecular complexity index is 456. The molecule has 0 bridgehead atoms. The van der Waals surface area contributed by atoms with Crippen LogP contribution >= 0.6 is 0 Å². The Morgan fingerprint density at radius 2 is 2.39 bits per heavy atom. The average Bonchev–Trinajstić information content (AvgIpc) is 2.55. The van der Waals surface area contributed by atoms with Gasteiger partial charge in [0.2, 0.25) is 5.82 Å². The highest BCUT2D eigenvalue weighted by Gasteiger charge is 2.32. The molecule has 2 N–H and O–H groups in total.